The van der Waals surface area contributed by atoms with Crippen LogP contribution in [-0.2, 0) is 0 Å². The molecule has 0 aliphatic heterocycles. The summed E-state index contributed by atoms with van der Waals surface area (Å²) in [6, 6.07) is 183. The summed E-state index contributed by atoms with van der Waals surface area (Å²) in [7, 11) is 0.656. The van der Waals surface area contributed by atoms with Crippen molar-refractivity contribution in [2.75, 3.05) is 0 Å². The van der Waals surface area contributed by atoms with E-state index >= 15 is 0 Å². The number of rotatable bonds is 13. The van der Waals surface area contributed by atoms with Crippen molar-refractivity contribution in [3.05, 3.63) is 536 Å². The van der Waals surface area contributed by atoms with Crippen molar-refractivity contribution in [3.8, 4) is 152 Å². The van der Waals surface area contributed by atoms with Gasteiger partial charge in [-0.25, -0.2) is 0 Å². The fraction of sp³-hybridized carbons (Fsp3) is 0. The van der Waals surface area contributed by atoms with E-state index in [1.807, 2.05) is 66.7 Å². The van der Waals surface area contributed by atoms with Gasteiger partial charge in [-0.3, -0.25) is 0 Å². The lowest BCUT2D eigenvalue weighted by Crippen LogP contribution is -2.01. The molecule has 24 aromatic rings. The summed E-state index contributed by atoms with van der Waals surface area (Å²) in [6.07, 6.45) is 0. The molecule has 0 aliphatic carbocycles. The maximum atomic E-state index is 8.63. The van der Waals surface area contributed by atoms with Gasteiger partial charge in [0.15, 0.2) is 0 Å². The number of hydrogen-bond acceptors (Lipinski definition) is 2. The van der Waals surface area contributed by atoms with Crippen LogP contribution < -0.4 is 4.65 Å². The van der Waals surface area contributed by atoms with Gasteiger partial charge in [-0.05, 0) is 306 Å². The quantitative estimate of drug-likeness (QED) is 0.0708. The highest BCUT2D eigenvalue weighted by Crippen LogP contribution is 2.51. The van der Waals surface area contributed by atoms with Gasteiger partial charge in [-0.1, -0.05) is 452 Å². The van der Waals surface area contributed by atoms with Crippen LogP contribution in [0.2, 0.25) is 0 Å². The molecule has 24 aromatic carbocycles. The van der Waals surface area contributed by atoms with Crippen molar-refractivity contribution in [3.63, 3.8) is 0 Å². The molecule has 0 heterocycles. The van der Waals surface area contributed by atoms with Crippen molar-refractivity contribution in [2.45, 2.75) is 0 Å². The molecule has 4 heteroatoms. The number of hydrogen-bond donors (Lipinski definition) is 1. The van der Waals surface area contributed by atoms with Crippen LogP contribution >= 0.6 is 15.9 Å². The molecule has 0 amide bonds. The monoisotopic (exact) mass is 1790 g/mol. The molecule has 136 heavy (non-hydrogen) atoms. The molecule has 0 aromatic heterocycles. The Bertz CT molecular complexity index is 8810. The van der Waals surface area contributed by atoms with Crippen LogP contribution in [0.1, 0.15) is 22.3 Å². The van der Waals surface area contributed by atoms with Gasteiger partial charge in [0.05, 0.1) is 5.56 Å². The van der Waals surface area contributed by atoms with Crippen molar-refractivity contribution >= 4 is 110 Å². The predicted molar refractivity (Wildman–Crippen MR) is 580 cm³/mol. The zero-order valence-electron chi connectivity index (χ0n) is 74.3. The molecular formula is C132H85BBrO2. The van der Waals surface area contributed by atoms with E-state index in [-0.39, 0.29) is 0 Å². The van der Waals surface area contributed by atoms with Crippen LogP contribution in [-0.4, -0.2) is 12.7 Å². The molecule has 0 spiro atoms. The Morgan fingerprint density at radius 2 is 0.441 bits per heavy atom. The largest absolute Gasteiger partial charge is 0.569 e. The van der Waals surface area contributed by atoms with E-state index in [0.29, 0.717) is 13.4 Å². The van der Waals surface area contributed by atoms with Crippen LogP contribution in [0.5, 0.6) is 5.75 Å². The van der Waals surface area contributed by atoms with E-state index in [2.05, 4.69) is 476 Å². The summed E-state index contributed by atoms with van der Waals surface area (Å²) in [5, 5.41) is 28.4. The lowest BCUT2D eigenvalue weighted by atomic mass is 9.82. The number of fused-ring (bicyclic) bond motifs is 8. The zero-order valence-corrected chi connectivity index (χ0v) is 75.9. The summed E-state index contributed by atoms with van der Waals surface area (Å²) in [4.78, 5) is 0. The van der Waals surface area contributed by atoms with Gasteiger partial charge in [0.1, 0.15) is 5.75 Å². The van der Waals surface area contributed by atoms with Gasteiger partial charge in [0.2, 0.25) is 0 Å². The van der Waals surface area contributed by atoms with Gasteiger partial charge in [0.25, 0.3) is 0 Å². The topological polar surface area (TPSA) is 29.5 Å². The van der Waals surface area contributed by atoms with E-state index in [1.165, 1.54) is 197 Å². The minimum atomic E-state index is 0.540. The smallest absolute Gasteiger partial charge is 0.537 e. The first-order valence-corrected chi connectivity index (χ1v) is 46.8. The van der Waals surface area contributed by atoms with E-state index in [1.54, 1.807) is 6.07 Å². The molecule has 0 saturated heterocycles. The van der Waals surface area contributed by atoms with E-state index in [4.69, 9.17) is 9.68 Å². The lowest BCUT2D eigenvalue weighted by Gasteiger charge is -2.21. The summed E-state index contributed by atoms with van der Waals surface area (Å²) < 4.78 is 6.02. The summed E-state index contributed by atoms with van der Waals surface area (Å²) in [6.45, 7) is 0. The Kier molecular flexibility index (Phi) is 23.8. The fourth-order valence-electron chi connectivity index (χ4n) is 19.6. The summed E-state index contributed by atoms with van der Waals surface area (Å²) in [5.41, 5.74) is 30.1. The second kappa shape index (κ2) is 38.3. The maximum Gasteiger partial charge on any atom is 0.569 e. The summed E-state index contributed by atoms with van der Waals surface area (Å²) in [5.74, 6) is 13.6. The van der Waals surface area contributed by atoms with Crippen molar-refractivity contribution in [2.24, 2.45) is 0 Å². The highest BCUT2D eigenvalue weighted by molar-refractivity contribution is 9.10. The van der Waals surface area contributed by atoms with Gasteiger partial charge in [-0.2, -0.15) is 0 Å². The van der Waals surface area contributed by atoms with Crippen LogP contribution in [0.4, 0.5) is 0 Å². The van der Waals surface area contributed by atoms with Gasteiger partial charge in [-0.15, -0.1) is 0 Å². The molecule has 635 valence electrons. The Labute approximate surface area is 801 Å². The maximum absolute atomic E-state index is 8.63. The molecule has 0 fully saturated rings. The van der Waals surface area contributed by atoms with Crippen molar-refractivity contribution < 1.29 is 9.68 Å². The second-order valence-electron chi connectivity index (χ2n) is 34.1. The van der Waals surface area contributed by atoms with Crippen LogP contribution in [0.3, 0.4) is 0 Å². The first-order chi connectivity index (χ1) is 67.3. The van der Waals surface area contributed by atoms with Crippen LogP contribution in [0.15, 0.2) is 514 Å². The Morgan fingerprint density at radius 1 is 0.176 bits per heavy atom. The molecule has 1 N–H and O–H groups in total. The molecule has 0 saturated carbocycles. The minimum Gasteiger partial charge on any atom is -0.537 e. The van der Waals surface area contributed by atoms with Gasteiger partial charge in [0, 0.05) is 21.2 Å². The van der Waals surface area contributed by atoms with Crippen LogP contribution in [0, 0.1) is 23.7 Å². The predicted octanol–water partition coefficient (Wildman–Crippen LogP) is 35.1. The van der Waals surface area contributed by atoms with Gasteiger partial charge < -0.3 is 9.68 Å². The second-order valence-corrected chi connectivity index (χ2v) is 35.0. The standard InChI is InChI=1S/C66H42.C52H33Br.C14H10BO2/c1-3-17-45(18-4-1)35-36-49-23-7-10-30-56(49)53-38-40-62-64(44-53)66(55-29-14-27-52(42-55)60-34-16-25-48-22-9-12-32-58(48)60)61-39-37-50(46-19-5-2-6-20-46)43-63(61)65(62)54-28-13-26-51(41-54)59-33-15-24-47-21-8-11-31-57(47)59;53-42-27-29-48-50(33-42)52(41-21-9-19-39(31-41)46-25-11-17-36-15-5-7-23-44(36)46)47-28-26-37(34-12-2-1-3-13-34)32-49(47)51(48)40-20-8-18-38(30-40)45-24-10-16-35-14-4-6-22-43(35)45;16-15-17-14-9-5-4-8-13(14)11-10-12-6-2-1-3-7-12/h1-34,37-44H;1-33H;1-9,16H. The lowest BCUT2D eigenvalue weighted by molar-refractivity contribution is 0.453. The highest BCUT2D eigenvalue weighted by atomic mass is 79.9. The zero-order chi connectivity index (χ0) is 91.0. The third-order valence-electron chi connectivity index (χ3n) is 26.0. The molecule has 1 radical (unpaired) electrons. The normalized spacial score (nSPS) is 11.0. The molecule has 2 nitrogen and oxygen atoms in total. The molecule has 0 unspecified atom stereocenters. The molecular weight excluding hydrogens is 1710 g/mol. The average molecular weight is 1790 g/mol. The van der Waals surface area contributed by atoms with Crippen molar-refractivity contribution in [1.29, 1.82) is 0 Å². The number of benzene rings is 24. The molecule has 0 bridgehead atoms. The third kappa shape index (κ3) is 17.2. The van der Waals surface area contributed by atoms with Gasteiger partial charge >= 0.3 is 7.69 Å². The van der Waals surface area contributed by atoms with E-state index < -0.39 is 0 Å². The van der Waals surface area contributed by atoms with E-state index in [0.717, 1.165) is 37.9 Å². The Hall–Kier alpha value is -17.2. The van der Waals surface area contributed by atoms with E-state index in [9.17, 15) is 0 Å². The Balaban J connectivity index is 0.000000136. The minimum absolute atomic E-state index is 0.540. The number of halogens is 1. The third-order valence-corrected chi connectivity index (χ3v) is 26.4. The Morgan fingerprint density at radius 3 is 0.831 bits per heavy atom. The summed E-state index contributed by atoms with van der Waals surface area (Å²) >= 11 is 3.87. The molecule has 24 rings (SSSR count). The SMILES string of the molecule is Brc1ccc2c(-c3cccc(-c4cccc5ccccc45)c3)c3cc(-c4ccccc4)ccc3c(-c3cccc(-c4cccc5ccccc45)c3)c2c1.C(#Cc1ccccc1-c1ccc2c(-c3cccc(-c4cccc5ccccc45)c3)c3cc(-c4ccccc4)ccc3c(-c3cccc(-c4cccc5ccccc45)c3)c2c1)c1ccccc1.O[B]Oc1ccccc1C#Cc1ccccc1. The fourth-order valence-corrected chi connectivity index (χ4v) is 20.0. The van der Waals surface area contributed by atoms with Crippen LogP contribution in [0.25, 0.3) is 209 Å². The number of para-hydroxylation sites is 1. The highest BCUT2D eigenvalue weighted by Gasteiger charge is 2.24. The molecule has 0 atom stereocenters. The molecule has 0 aliphatic rings. The first kappa shape index (κ1) is 84.3. The average Bonchev–Trinajstić information content (AvgIpc) is 0.725. The van der Waals surface area contributed by atoms with Crippen molar-refractivity contribution in [1.82, 2.24) is 0 Å². The first-order valence-electron chi connectivity index (χ1n) is 46.0.